The molecule has 0 aliphatic heterocycles. The van der Waals surface area contributed by atoms with Crippen LogP contribution in [0, 0.1) is 17.2 Å². The maximum Gasteiger partial charge on any atom is 0.255 e. The average Bonchev–Trinajstić information content (AvgIpc) is 3.24. The minimum atomic E-state index is -0.379. The molecule has 2 atom stereocenters. The molecule has 0 saturated heterocycles. The van der Waals surface area contributed by atoms with Crippen LogP contribution < -0.4 is 10.6 Å². The molecule has 5 nitrogen and oxygen atoms in total. The molecule has 0 radical (unpaired) electrons. The third-order valence-corrected chi connectivity index (χ3v) is 8.91. The van der Waals surface area contributed by atoms with E-state index in [4.69, 9.17) is 0 Å². The van der Waals surface area contributed by atoms with Crippen LogP contribution in [0.1, 0.15) is 46.6 Å². The lowest BCUT2D eigenvalue weighted by atomic mass is 9.89. The Kier molecular flexibility index (Phi) is 7.31. The van der Waals surface area contributed by atoms with Crippen LogP contribution >= 0.6 is 23.1 Å². The molecule has 0 bridgehead atoms. The van der Waals surface area contributed by atoms with E-state index in [0.29, 0.717) is 27.7 Å². The minimum absolute atomic E-state index is 0.140. The number of hydrogen-bond donors (Lipinski definition) is 2. The van der Waals surface area contributed by atoms with E-state index in [1.54, 1.807) is 0 Å². The molecule has 1 aliphatic carbocycles. The third-order valence-electron chi connectivity index (χ3n) is 6.65. The van der Waals surface area contributed by atoms with Crippen molar-refractivity contribution in [3.8, 4) is 6.07 Å². The maximum atomic E-state index is 13.0. The van der Waals surface area contributed by atoms with Gasteiger partial charge in [-0.2, -0.15) is 5.26 Å². The molecule has 3 aromatic carbocycles. The number of carbonyl (C=O) groups is 2. The summed E-state index contributed by atoms with van der Waals surface area (Å²) in [4.78, 5) is 28.0. The standard InChI is InChI=1S/C30H27N3O2S2/c1-18-10-13-25-26(17-31)30(37-27(25)14-18)33-28(34)19(2)36-24-9-5-8-23(16-24)32-29(35)22-12-11-20-6-3-4-7-21(20)15-22/h3-9,11-12,15-16,18-19H,10,13-14H2,1-2H3,(H,32,35)(H,33,34). The number of nitriles is 1. The van der Waals surface area contributed by atoms with E-state index in [2.05, 4.69) is 23.6 Å². The van der Waals surface area contributed by atoms with Gasteiger partial charge in [0.05, 0.1) is 10.8 Å². The summed E-state index contributed by atoms with van der Waals surface area (Å²) in [6.45, 7) is 4.08. The predicted molar refractivity (Wildman–Crippen MR) is 153 cm³/mol. The molecule has 5 rings (SSSR count). The molecule has 7 heteroatoms. The van der Waals surface area contributed by atoms with Crippen LogP contribution in [0.25, 0.3) is 10.8 Å². The molecular formula is C30H27N3O2S2. The summed E-state index contributed by atoms with van der Waals surface area (Å²) in [5.74, 6) is 0.280. The predicted octanol–water partition coefficient (Wildman–Crippen LogP) is 7.27. The first-order valence-corrected chi connectivity index (χ1v) is 14.0. The van der Waals surface area contributed by atoms with Gasteiger partial charge in [-0.25, -0.2) is 0 Å². The summed E-state index contributed by atoms with van der Waals surface area (Å²) in [6.07, 6.45) is 2.94. The van der Waals surface area contributed by atoms with Gasteiger partial charge < -0.3 is 10.6 Å². The van der Waals surface area contributed by atoms with Gasteiger partial charge in [-0.05, 0) is 78.8 Å². The van der Waals surface area contributed by atoms with Crippen molar-refractivity contribution < 1.29 is 9.59 Å². The highest BCUT2D eigenvalue weighted by atomic mass is 32.2. The van der Waals surface area contributed by atoms with Crippen molar-refractivity contribution in [3.05, 3.63) is 88.3 Å². The normalized spacial score (nSPS) is 15.4. The maximum absolute atomic E-state index is 13.0. The van der Waals surface area contributed by atoms with E-state index in [-0.39, 0.29) is 17.1 Å². The van der Waals surface area contributed by atoms with E-state index >= 15 is 0 Å². The van der Waals surface area contributed by atoms with Crippen molar-refractivity contribution in [1.29, 1.82) is 5.26 Å². The molecule has 2 amide bonds. The van der Waals surface area contributed by atoms with Gasteiger partial charge in [-0.3, -0.25) is 9.59 Å². The lowest BCUT2D eigenvalue weighted by Gasteiger charge is -2.17. The van der Waals surface area contributed by atoms with E-state index in [1.807, 2.05) is 73.7 Å². The molecule has 37 heavy (non-hydrogen) atoms. The third kappa shape index (κ3) is 5.56. The summed E-state index contributed by atoms with van der Waals surface area (Å²) in [7, 11) is 0. The van der Waals surface area contributed by atoms with Crippen LogP contribution in [-0.4, -0.2) is 17.1 Å². The van der Waals surface area contributed by atoms with Crippen LogP contribution in [0.15, 0.2) is 71.6 Å². The Labute approximate surface area is 224 Å². The quantitative estimate of drug-likeness (QED) is 0.259. The highest BCUT2D eigenvalue weighted by Gasteiger charge is 2.26. The summed E-state index contributed by atoms with van der Waals surface area (Å²) in [5, 5.41) is 18.1. The fraction of sp³-hybridized carbons (Fsp3) is 0.233. The summed E-state index contributed by atoms with van der Waals surface area (Å²) in [6, 6.07) is 23.4. The molecule has 0 spiro atoms. The number of nitrogens with one attached hydrogen (secondary N) is 2. The van der Waals surface area contributed by atoms with E-state index in [1.165, 1.54) is 28.0 Å². The van der Waals surface area contributed by atoms with E-state index in [9.17, 15) is 14.9 Å². The Morgan fingerprint density at radius 3 is 2.68 bits per heavy atom. The number of benzene rings is 3. The zero-order chi connectivity index (χ0) is 25.9. The number of amides is 2. The van der Waals surface area contributed by atoms with Gasteiger partial charge in [-0.15, -0.1) is 23.1 Å². The first kappa shape index (κ1) is 25.1. The molecule has 1 heterocycles. The zero-order valence-electron chi connectivity index (χ0n) is 20.7. The summed E-state index contributed by atoms with van der Waals surface area (Å²) < 4.78 is 0. The number of rotatable bonds is 6. The Morgan fingerprint density at radius 2 is 1.86 bits per heavy atom. The molecule has 4 aromatic rings. The number of fused-ring (bicyclic) bond motifs is 2. The molecular weight excluding hydrogens is 498 g/mol. The van der Waals surface area contributed by atoms with Gasteiger partial charge in [0.25, 0.3) is 5.91 Å². The van der Waals surface area contributed by atoms with E-state index < -0.39 is 0 Å². The van der Waals surface area contributed by atoms with Crippen LogP contribution in [0.4, 0.5) is 10.7 Å². The monoisotopic (exact) mass is 525 g/mol. The van der Waals surface area contributed by atoms with Crippen molar-refractivity contribution in [2.45, 2.75) is 43.3 Å². The summed E-state index contributed by atoms with van der Waals surface area (Å²) >= 11 is 2.96. The van der Waals surface area contributed by atoms with E-state index in [0.717, 1.165) is 40.5 Å². The Balaban J connectivity index is 1.24. The van der Waals surface area contributed by atoms with Crippen molar-refractivity contribution >= 4 is 56.4 Å². The molecule has 1 aliphatic rings. The largest absolute Gasteiger partial charge is 0.322 e. The van der Waals surface area contributed by atoms with Crippen LogP contribution in [0.5, 0.6) is 0 Å². The highest BCUT2D eigenvalue weighted by molar-refractivity contribution is 8.00. The number of nitrogens with zero attached hydrogens (tertiary/aromatic N) is 1. The number of thioether (sulfide) groups is 1. The van der Waals surface area contributed by atoms with Crippen molar-refractivity contribution in [2.75, 3.05) is 10.6 Å². The molecule has 0 fully saturated rings. The van der Waals surface area contributed by atoms with Crippen LogP contribution in [0.2, 0.25) is 0 Å². The molecule has 2 N–H and O–H groups in total. The number of thiophene rings is 1. The molecule has 186 valence electrons. The fourth-order valence-corrected chi connectivity index (χ4v) is 6.90. The Bertz CT molecular complexity index is 1540. The first-order valence-electron chi connectivity index (χ1n) is 12.3. The second kappa shape index (κ2) is 10.8. The van der Waals surface area contributed by atoms with Gasteiger partial charge in [0.2, 0.25) is 5.91 Å². The SMILES string of the molecule is CC1CCc2c(sc(NC(=O)C(C)Sc3cccc(NC(=O)c4ccc5ccccc5c4)c3)c2C#N)C1. The highest BCUT2D eigenvalue weighted by Crippen LogP contribution is 2.39. The zero-order valence-corrected chi connectivity index (χ0v) is 22.3. The second-order valence-corrected chi connectivity index (χ2v) is 12.0. The Morgan fingerprint density at radius 1 is 1.05 bits per heavy atom. The number of anilines is 2. The van der Waals surface area contributed by atoms with Crippen molar-refractivity contribution in [1.82, 2.24) is 0 Å². The van der Waals surface area contributed by atoms with Gasteiger partial charge in [0.1, 0.15) is 11.1 Å². The molecule has 1 aromatic heterocycles. The lowest BCUT2D eigenvalue weighted by molar-refractivity contribution is -0.115. The van der Waals surface area contributed by atoms with Gasteiger partial charge >= 0.3 is 0 Å². The second-order valence-electron chi connectivity index (χ2n) is 9.46. The average molecular weight is 526 g/mol. The van der Waals surface area contributed by atoms with Gasteiger partial charge in [-0.1, -0.05) is 43.3 Å². The number of carbonyl (C=O) groups excluding carboxylic acids is 2. The summed E-state index contributed by atoms with van der Waals surface area (Å²) in [5.41, 5.74) is 2.99. The molecule has 0 saturated carbocycles. The fourth-order valence-electron chi connectivity index (χ4n) is 4.61. The topological polar surface area (TPSA) is 82.0 Å². The van der Waals surface area contributed by atoms with Gasteiger partial charge in [0.15, 0.2) is 0 Å². The number of hydrogen-bond acceptors (Lipinski definition) is 5. The van der Waals surface area contributed by atoms with Gasteiger partial charge in [0, 0.05) is 21.0 Å². The van der Waals surface area contributed by atoms with Crippen LogP contribution in [-0.2, 0) is 17.6 Å². The molecule has 2 unspecified atom stereocenters. The van der Waals surface area contributed by atoms with Crippen LogP contribution in [0.3, 0.4) is 0 Å². The van der Waals surface area contributed by atoms with Crippen molar-refractivity contribution in [2.24, 2.45) is 5.92 Å². The lowest BCUT2D eigenvalue weighted by Crippen LogP contribution is -2.22. The smallest absolute Gasteiger partial charge is 0.255 e. The van der Waals surface area contributed by atoms with Crippen molar-refractivity contribution in [3.63, 3.8) is 0 Å². The Hall–Kier alpha value is -3.60. The minimum Gasteiger partial charge on any atom is -0.322 e. The first-order chi connectivity index (χ1) is 17.9.